The molecule has 3 heterocycles. The zero-order chi connectivity index (χ0) is 21.8. The van der Waals surface area contributed by atoms with Gasteiger partial charge in [-0.25, -0.2) is 24.7 Å². The first-order valence-corrected chi connectivity index (χ1v) is 10.7. The normalized spacial score (nSPS) is 17.6. The Morgan fingerprint density at radius 2 is 2.06 bits per heavy atom. The van der Waals surface area contributed by atoms with E-state index < -0.39 is 5.72 Å². The molecular formula is C22H30FN5O3. The van der Waals surface area contributed by atoms with E-state index in [9.17, 15) is 4.39 Å². The summed E-state index contributed by atoms with van der Waals surface area (Å²) in [4.78, 5) is 17.1. The van der Waals surface area contributed by atoms with Gasteiger partial charge in [-0.2, -0.15) is 0 Å². The minimum atomic E-state index is -0.557. The van der Waals surface area contributed by atoms with Crippen LogP contribution in [0.25, 0.3) is 0 Å². The topological polar surface area (TPSA) is 84.2 Å². The van der Waals surface area contributed by atoms with Crippen LogP contribution in [0, 0.1) is 18.7 Å². The van der Waals surface area contributed by atoms with Crippen LogP contribution in [0.3, 0.4) is 0 Å². The van der Waals surface area contributed by atoms with E-state index in [4.69, 9.17) is 19.0 Å². The number of piperidine rings is 1. The van der Waals surface area contributed by atoms with Gasteiger partial charge >= 0.3 is 0 Å². The highest BCUT2D eigenvalue weighted by Gasteiger charge is 2.39. The van der Waals surface area contributed by atoms with Gasteiger partial charge in [-0.1, -0.05) is 19.9 Å². The molecule has 0 radical (unpaired) electrons. The fourth-order valence-electron chi connectivity index (χ4n) is 3.66. The fraction of sp³-hybridized carbons (Fsp3) is 0.545. The quantitative estimate of drug-likeness (QED) is 0.697. The van der Waals surface area contributed by atoms with Crippen LogP contribution in [0.5, 0.6) is 5.75 Å². The van der Waals surface area contributed by atoms with E-state index in [1.165, 1.54) is 6.07 Å². The second kappa shape index (κ2) is 9.23. The number of aliphatic imine (C=N–C) groups is 1. The Morgan fingerprint density at radius 1 is 1.26 bits per heavy atom. The summed E-state index contributed by atoms with van der Waals surface area (Å²) in [5.41, 5.74) is 4.00. The first kappa shape index (κ1) is 21.6. The summed E-state index contributed by atoms with van der Waals surface area (Å²) in [6.45, 7) is 8.92. The molecular weight excluding hydrogens is 401 g/mol. The maximum Gasteiger partial charge on any atom is 0.222 e. The van der Waals surface area contributed by atoms with Crippen molar-refractivity contribution in [1.82, 2.24) is 20.7 Å². The molecule has 0 saturated carbocycles. The van der Waals surface area contributed by atoms with Crippen molar-refractivity contribution in [2.45, 2.75) is 52.4 Å². The van der Waals surface area contributed by atoms with Gasteiger partial charge in [0.2, 0.25) is 5.96 Å². The van der Waals surface area contributed by atoms with Crippen molar-refractivity contribution in [3.63, 3.8) is 0 Å². The van der Waals surface area contributed by atoms with Crippen molar-refractivity contribution in [2.24, 2.45) is 10.9 Å². The van der Waals surface area contributed by atoms with Gasteiger partial charge in [-0.05, 0) is 36.7 Å². The fourth-order valence-corrected chi connectivity index (χ4v) is 3.66. The van der Waals surface area contributed by atoms with Gasteiger partial charge in [0.1, 0.15) is 6.26 Å². The Bertz CT molecular complexity index is 924. The molecule has 31 heavy (non-hydrogen) atoms. The van der Waals surface area contributed by atoms with Crippen LogP contribution in [0.1, 0.15) is 43.8 Å². The third-order valence-corrected chi connectivity index (χ3v) is 5.29. The van der Waals surface area contributed by atoms with Crippen molar-refractivity contribution >= 4 is 5.96 Å². The van der Waals surface area contributed by atoms with Gasteiger partial charge < -0.3 is 19.4 Å². The summed E-state index contributed by atoms with van der Waals surface area (Å²) in [5, 5.41) is 3.32. The van der Waals surface area contributed by atoms with Crippen LogP contribution >= 0.6 is 0 Å². The van der Waals surface area contributed by atoms with Crippen LogP contribution in [-0.4, -0.2) is 41.3 Å². The summed E-state index contributed by atoms with van der Waals surface area (Å²) in [5.74, 6) is 1.43. The van der Waals surface area contributed by atoms with E-state index in [1.807, 2.05) is 24.8 Å². The Morgan fingerprint density at radius 3 is 2.74 bits per heavy atom. The Labute approximate surface area is 181 Å². The average molecular weight is 432 g/mol. The van der Waals surface area contributed by atoms with Crippen LogP contribution in [0.15, 0.2) is 33.9 Å². The average Bonchev–Trinajstić information content (AvgIpc) is 3.33. The Balaban J connectivity index is 1.53. The molecule has 168 valence electrons. The molecule has 1 spiro atoms. The van der Waals surface area contributed by atoms with Gasteiger partial charge in [0, 0.05) is 26.3 Å². The van der Waals surface area contributed by atoms with Crippen molar-refractivity contribution in [3.8, 4) is 5.75 Å². The van der Waals surface area contributed by atoms with Crippen molar-refractivity contribution < 1.29 is 18.4 Å². The molecule has 1 aromatic heterocycles. The van der Waals surface area contributed by atoms with Gasteiger partial charge in [0.05, 0.1) is 18.8 Å². The highest BCUT2D eigenvalue weighted by atomic mass is 19.1. The molecule has 8 nitrogen and oxygen atoms in total. The van der Waals surface area contributed by atoms with Crippen molar-refractivity contribution in [2.75, 3.05) is 19.7 Å². The number of hydrogen-bond donors (Lipinski definition) is 2. The molecule has 0 aliphatic carbocycles. The first-order chi connectivity index (χ1) is 14.9. The number of oxazole rings is 1. The molecule has 4 rings (SSSR count). The lowest BCUT2D eigenvalue weighted by molar-refractivity contribution is -0.0734. The maximum atomic E-state index is 14.6. The van der Waals surface area contributed by atoms with Crippen LogP contribution in [0.4, 0.5) is 4.39 Å². The SMILES string of the molecule is Cc1nc(CN(Cc2ccc(OCC(C)C)c(F)c2)C2=NC3(CCNCC3)ON2)co1. The van der Waals surface area contributed by atoms with E-state index in [1.54, 1.807) is 19.3 Å². The third kappa shape index (κ3) is 5.34. The second-order valence-corrected chi connectivity index (χ2v) is 8.52. The van der Waals surface area contributed by atoms with E-state index in [0.29, 0.717) is 37.5 Å². The number of aryl methyl sites for hydroxylation is 1. The van der Waals surface area contributed by atoms with Crippen LogP contribution in [-0.2, 0) is 17.9 Å². The number of ether oxygens (including phenoxy) is 1. The smallest absolute Gasteiger partial charge is 0.222 e. The predicted octanol–water partition coefficient (Wildman–Crippen LogP) is 3.13. The monoisotopic (exact) mass is 431 g/mol. The predicted molar refractivity (Wildman–Crippen MR) is 114 cm³/mol. The number of hydrogen-bond acceptors (Lipinski definition) is 8. The summed E-state index contributed by atoms with van der Waals surface area (Å²) >= 11 is 0. The van der Waals surface area contributed by atoms with E-state index in [0.717, 1.165) is 37.2 Å². The van der Waals surface area contributed by atoms with Crippen molar-refractivity contribution in [3.05, 3.63) is 47.4 Å². The summed E-state index contributed by atoms with van der Waals surface area (Å²) < 4.78 is 25.5. The van der Waals surface area contributed by atoms with E-state index >= 15 is 0 Å². The van der Waals surface area contributed by atoms with E-state index in [2.05, 4.69) is 15.8 Å². The maximum absolute atomic E-state index is 14.6. The number of nitrogens with zero attached hydrogens (tertiary/aromatic N) is 3. The van der Waals surface area contributed by atoms with Crippen LogP contribution < -0.4 is 15.5 Å². The summed E-state index contributed by atoms with van der Waals surface area (Å²) in [6, 6.07) is 5.06. The van der Waals surface area contributed by atoms with Gasteiger partial charge in [-0.15, -0.1) is 0 Å². The summed E-state index contributed by atoms with van der Waals surface area (Å²) in [6.07, 6.45) is 3.20. The number of benzene rings is 1. The molecule has 1 aromatic carbocycles. The highest BCUT2D eigenvalue weighted by Crippen LogP contribution is 2.29. The molecule has 9 heteroatoms. The largest absolute Gasteiger partial charge is 0.490 e. The first-order valence-electron chi connectivity index (χ1n) is 10.7. The van der Waals surface area contributed by atoms with Crippen LogP contribution in [0.2, 0.25) is 0 Å². The molecule has 0 atom stereocenters. The third-order valence-electron chi connectivity index (χ3n) is 5.29. The lowest BCUT2D eigenvalue weighted by Crippen LogP contribution is -2.42. The second-order valence-electron chi connectivity index (χ2n) is 8.52. The molecule has 0 amide bonds. The minimum absolute atomic E-state index is 0.268. The number of aromatic nitrogens is 1. The zero-order valence-corrected chi connectivity index (χ0v) is 18.3. The lowest BCUT2D eigenvalue weighted by atomic mass is 10.0. The molecule has 2 N–H and O–H groups in total. The number of halogens is 1. The highest BCUT2D eigenvalue weighted by molar-refractivity contribution is 5.80. The zero-order valence-electron chi connectivity index (χ0n) is 18.3. The summed E-state index contributed by atoms with van der Waals surface area (Å²) in [7, 11) is 0. The van der Waals surface area contributed by atoms with Gasteiger partial charge in [-0.3, -0.25) is 0 Å². The molecule has 0 unspecified atom stereocenters. The number of guanidine groups is 1. The van der Waals surface area contributed by atoms with E-state index in [-0.39, 0.29) is 11.6 Å². The van der Waals surface area contributed by atoms with Crippen molar-refractivity contribution in [1.29, 1.82) is 0 Å². The standard InChI is InChI=1S/C22H30FN5O3/c1-15(2)13-30-20-5-4-17(10-19(20)23)11-28(12-18-14-29-16(3)25-18)21-26-22(31-27-21)6-8-24-9-7-22/h4-5,10,14-15,24H,6-9,11-13H2,1-3H3,(H,26,27). The molecule has 2 aliphatic heterocycles. The lowest BCUT2D eigenvalue weighted by Gasteiger charge is -2.28. The Kier molecular flexibility index (Phi) is 6.43. The van der Waals surface area contributed by atoms with Gasteiger partial charge in [0.15, 0.2) is 23.2 Å². The number of rotatable bonds is 7. The molecule has 1 saturated heterocycles. The van der Waals surface area contributed by atoms with Gasteiger partial charge in [0.25, 0.3) is 0 Å². The molecule has 0 bridgehead atoms. The minimum Gasteiger partial charge on any atom is -0.490 e. The molecule has 2 aromatic rings. The Hall–Kier alpha value is -2.65. The molecule has 1 fully saturated rings. The molecule has 2 aliphatic rings. The number of hydroxylamine groups is 1. The number of nitrogens with one attached hydrogen (secondary N) is 2.